The molecular weight excluding hydrogens is 266 g/mol. The lowest BCUT2D eigenvalue weighted by Gasteiger charge is -2.28. The van der Waals surface area contributed by atoms with Gasteiger partial charge in [-0.05, 0) is 32.1 Å². The van der Waals surface area contributed by atoms with Crippen LogP contribution in [0.25, 0.3) is 0 Å². The third-order valence-electron chi connectivity index (χ3n) is 3.74. The zero-order valence-corrected chi connectivity index (χ0v) is 12.7. The largest absolute Gasteiger partial charge is 0.469 e. The van der Waals surface area contributed by atoms with E-state index in [9.17, 15) is 13.2 Å². The summed E-state index contributed by atoms with van der Waals surface area (Å²) in [4.78, 5) is 10.9. The average molecular weight is 291 g/mol. The number of hydrogen-bond donors (Lipinski definition) is 1. The van der Waals surface area contributed by atoms with Crippen molar-refractivity contribution >= 4 is 16.0 Å². The van der Waals surface area contributed by atoms with Crippen LogP contribution in [-0.2, 0) is 19.6 Å². The molecule has 1 saturated carbocycles. The minimum Gasteiger partial charge on any atom is -0.469 e. The van der Waals surface area contributed by atoms with Gasteiger partial charge in [-0.15, -0.1) is 0 Å². The molecule has 0 radical (unpaired) electrons. The first kappa shape index (κ1) is 16.4. The predicted octanol–water partition coefficient (Wildman–Crippen LogP) is 1.83. The second-order valence-corrected chi connectivity index (χ2v) is 7.18. The molecule has 0 heterocycles. The number of hydrogen-bond acceptors (Lipinski definition) is 4. The van der Waals surface area contributed by atoms with E-state index in [4.69, 9.17) is 0 Å². The first-order valence-corrected chi connectivity index (χ1v) is 8.66. The van der Waals surface area contributed by atoms with E-state index >= 15 is 0 Å². The number of sulfonamides is 1. The fraction of sp³-hybridized carbons (Fsp3) is 0.923. The first-order chi connectivity index (χ1) is 8.94. The molecule has 112 valence electrons. The molecule has 1 aliphatic carbocycles. The molecule has 0 aromatic rings. The molecule has 19 heavy (non-hydrogen) atoms. The molecule has 1 aliphatic rings. The smallest absolute Gasteiger partial charge is 0.305 e. The number of ether oxygens (including phenoxy) is 1. The van der Waals surface area contributed by atoms with E-state index in [0.29, 0.717) is 12.3 Å². The zero-order chi connectivity index (χ0) is 14.3. The predicted molar refractivity (Wildman–Crippen MR) is 74.2 cm³/mol. The quantitative estimate of drug-likeness (QED) is 0.726. The van der Waals surface area contributed by atoms with Crippen molar-refractivity contribution in [3.05, 3.63) is 0 Å². The highest BCUT2D eigenvalue weighted by Crippen LogP contribution is 2.26. The number of methoxy groups -OCH3 is 1. The SMILES string of the molecule is COC(=O)CCCS(=O)(=O)N[C@H](C)C1CCCCC1. The van der Waals surface area contributed by atoms with E-state index in [-0.39, 0.29) is 24.2 Å². The van der Waals surface area contributed by atoms with E-state index in [0.717, 1.165) is 12.8 Å². The van der Waals surface area contributed by atoms with Gasteiger partial charge in [0.1, 0.15) is 0 Å². The molecule has 0 aliphatic heterocycles. The lowest BCUT2D eigenvalue weighted by Crippen LogP contribution is -2.40. The molecule has 0 spiro atoms. The van der Waals surface area contributed by atoms with Crippen molar-refractivity contribution < 1.29 is 17.9 Å². The number of rotatable bonds is 7. The minimum atomic E-state index is -3.29. The van der Waals surface area contributed by atoms with Crippen molar-refractivity contribution in [3.8, 4) is 0 Å². The molecule has 0 unspecified atom stereocenters. The molecule has 1 fully saturated rings. The fourth-order valence-corrected chi connectivity index (χ4v) is 3.98. The Morgan fingerprint density at radius 2 is 1.95 bits per heavy atom. The van der Waals surface area contributed by atoms with Gasteiger partial charge in [-0.1, -0.05) is 19.3 Å². The number of carbonyl (C=O) groups is 1. The highest BCUT2D eigenvalue weighted by atomic mass is 32.2. The summed E-state index contributed by atoms with van der Waals surface area (Å²) >= 11 is 0. The molecule has 1 atom stereocenters. The van der Waals surface area contributed by atoms with E-state index in [1.807, 2.05) is 6.92 Å². The maximum atomic E-state index is 11.9. The van der Waals surface area contributed by atoms with Gasteiger partial charge in [0.15, 0.2) is 0 Å². The van der Waals surface area contributed by atoms with Gasteiger partial charge >= 0.3 is 5.97 Å². The molecule has 0 bridgehead atoms. The lowest BCUT2D eigenvalue weighted by molar-refractivity contribution is -0.140. The van der Waals surface area contributed by atoms with Crippen LogP contribution in [0.3, 0.4) is 0 Å². The Bertz CT molecular complexity index is 374. The lowest BCUT2D eigenvalue weighted by atomic mass is 9.85. The van der Waals surface area contributed by atoms with Gasteiger partial charge in [0, 0.05) is 12.5 Å². The summed E-state index contributed by atoms with van der Waals surface area (Å²) in [6.07, 6.45) is 6.31. The minimum absolute atomic E-state index is 0.0107. The maximum absolute atomic E-state index is 11.9. The molecule has 1 rings (SSSR count). The second kappa shape index (κ2) is 7.85. The van der Waals surface area contributed by atoms with Crippen molar-refractivity contribution in [2.45, 2.75) is 57.9 Å². The van der Waals surface area contributed by atoms with Crippen molar-refractivity contribution in [2.75, 3.05) is 12.9 Å². The van der Waals surface area contributed by atoms with Gasteiger partial charge in [-0.25, -0.2) is 13.1 Å². The zero-order valence-electron chi connectivity index (χ0n) is 11.9. The first-order valence-electron chi connectivity index (χ1n) is 7.01. The molecule has 6 heteroatoms. The van der Waals surface area contributed by atoms with Gasteiger partial charge in [-0.3, -0.25) is 4.79 Å². The Kier molecular flexibility index (Phi) is 6.79. The molecule has 0 amide bonds. The molecule has 0 aromatic carbocycles. The van der Waals surface area contributed by atoms with Crippen LogP contribution in [0.5, 0.6) is 0 Å². The van der Waals surface area contributed by atoms with Gasteiger partial charge < -0.3 is 4.74 Å². The van der Waals surface area contributed by atoms with Gasteiger partial charge in [-0.2, -0.15) is 0 Å². The topological polar surface area (TPSA) is 72.5 Å². The van der Waals surface area contributed by atoms with Crippen molar-refractivity contribution in [1.29, 1.82) is 0 Å². The molecule has 1 N–H and O–H groups in total. The standard InChI is InChI=1S/C13H25NO4S/c1-11(12-7-4-3-5-8-12)14-19(16,17)10-6-9-13(15)18-2/h11-12,14H,3-10H2,1-2H3/t11-/m1/s1. The second-order valence-electron chi connectivity index (χ2n) is 5.30. The third-order valence-corrected chi connectivity index (χ3v) is 5.30. The van der Waals surface area contributed by atoms with Crippen LogP contribution in [0.4, 0.5) is 0 Å². The third kappa shape index (κ3) is 6.38. The van der Waals surface area contributed by atoms with Gasteiger partial charge in [0.05, 0.1) is 12.9 Å². The van der Waals surface area contributed by atoms with Gasteiger partial charge in [0.2, 0.25) is 10.0 Å². The van der Waals surface area contributed by atoms with Crippen LogP contribution in [0.2, 0.25) is 0 Å². The Morgan fingerprint density at radius 1 is 1.32 bits per heavy atom. The van der Waals surface area contributed by atoms with E-state index < -0.39 is 10.0 Å². The van der Waals surface area contributed by atoms with Crippen LogP contribution in [0.1, 0.15) is 51.9 Å². The molecule has 5 nitrogen and oxygen atoms in total. The fourth-order valence-electron chi connectivity index (χ4n) is 2.58. The summed E-state index contributed by atoms with van der Waals surface area (Å²) in [6, 6.07) is -0.0107. The van der Waals surface area contributed by atoms with Crippen LogP contribution in [0, 0.1) is 5.92 Å². The monoisotopic (exact) mass is 291 g/mol. The van der Waals surface area contributed by atoms with Crippen LogP contribution >= 0.6 is 0 Å². The molecule has 0 saturated heterocycles. The van der Waals surface area contributed by atoms with E-state index in [1.54, 1.807) is 0 Å². The summed E-state index contributed by atoms with van der Waals surface area (Å²) < 4.78 is 31.0. The van der Waals surface area contributed by atoms with Crippen LogP contribution in [0.15, 0.2) is 0 Å². The summed E-state index contributed by atoms with van der Waals surface area (Å²) in [6.45, 7) is 1.94. The summed E-state index contributed by atoms with van der Waals surface area (Å²) in [7, 11) is -1.99. The van der Waals surface area contributed by atoms with Crippen LogP contribution in [-0.4, -0.2) is 33.3 Å². The van der Waals surface area contributed by atoms with Crippen LogP contribution < -0.4 is 4.72 Å². The average Bonchev–Trinajstić information content (AvgIpc) is 2.38. The Labute approximate surface area is 116 Å². The summed E-state index contributed by atoms with van der Waals surface area (Å²) in [5.41, 5.74) is 0. The number of nitrogens with one attached hydrogen (secondary N) is 1. The highest BCUT2D eigenvalue weighted by molar-refractivity contribution is 7.89. The van der Waals surface area contributed by atoms with Crippen molar-refractivity contribution in [2.24, 2.45) is 5.92 Å². The summed E-state index contributed by atoms with van der Waals surface area (Å²) in [5.74, 6) is 0.0683. The summed E-state index contributed by atoms with van der Waals surface area (Å²) in [5, 5.41) is 0. The van der Waals surface area contributed by atoms with E-state index in [2.05, 4.69) is 9.46 Å². The Balaban J connectivity index is 2.34. The molecular formula is C13H25NO4S. The Hall–Kier alpha value is -0.620. The number of esters is 1. The van der Waals surface area contributed by atoms with Crippen molar-refractivity contribution in [1.82, 2.24) is 4.72 Å². The van der Waals surface area contributed by atoms with Gasteiger partial charge in [0.25, 0.3) is 0 Å². The Morgan fingerprint density at radius 3 is 2.53 bits per heavy atom. The number of carbonyl (C=O) groups excluding carboxylic acids is 1. The maximum Gasteiger partial charge on any atom is 0.305 e. The highest BCUT2D eigenvalue weighted by Gasteiger charge is 2.23. The molecule has 0 aromatic heterocycles. The van der Waals surface area contributed by atoms with E-state index in [1.165, 1.54) is 26.4 Å². The van der Waals surface area contributed by atoms with Crippen molar-refractivity contribution in [3.63, 3.8) is 0 Å². The normalized spacial score (nSPS) is 19.1.